The Morgan fingerprint density at radius 1 is 1.02 bits per heavy atom. The Bertz CT molecular complexity index is 1580. The van der Waals surface area contributed by atoms with Crippen molar-refractivity contribution in [3.63, 3.8) is 0 Å². The van der Waals surface area contributed by atoms with Crippen molar-refractivity contribution in [3.05, 3.63) is 81.9 Å². The van der Waals surface area contributed by atoms with Gasteiger partial charge in [0.25, 0.3) is 5.91 Å². The molecule has 2 N–H and O–H groups in total. The van der Waals surface area contributed by atoms with Crippen LogP contribution in [-0.2, 0) is 27.4 Å². The van der Waals surface area contributed by atoms with Crippen LogP contribution in [-0.4, -0.2) is 57.0 Å². The summed E-state index contributed by atoms with van der Waals surface area (Å²) >= 11 is 2.12. The highest BCUT2D eigenvalue weighted by Crippen LogP contribution is 2.35. The molecule has 0 saturated carbocycles. The van der Waals surface area contributed by atoms with Crippen LogP contribution < -0.4 is 10.6 Å². The number of carbonyl (C=O) groups excluding carboxylic acids is 4. The molecule has 3 aromatic heterocycles. The van der Waals surface area contributed by atoms with E-state index in [0.29, 0.717) is 23.1 Å². The predicted octanol–water partition coefficient (Wildman–Crippen LogP) is 4.69. The molecule has 4 rings (SSSR count). The van der Waals surface area contributed by atoms with Crippen molar-refractivity contribution in [2.24, 2.45) is 0 Å². The van der Waals surface area contributed by atoms with E-state index in [0.717, 1.165) is 28.7 Å². The van der Waals surface area contributed by atoms with Gasteiger partial charge in [0.05, 0.1) is 43.4 Å². The third-order valence-electron chi connectivity index (χ3n) is 6.10. The van der Waals surface area contributed by atoms with Crippen LogP contribution >= 0.6 is 23.1 Å². The first-order valence-electron chi connectivity index (χ1n) is 13.5. The van der Waals surface area contributed by atoms with E-state index in [-0.39, 0.29) is 41.0 Å². The molecule has 14 heteroatoms. The molecular weight excluding hydrogens is 594 g/mol. The van der Waals surface area contributed by atoms with Gasteiger partial charge in [-0.1, -0.05) is 42.1 Å². The summed E-state index contributed by atoms with van der Waals surface area (Å²) in [4.78, 5) is 51.3. The number of amides is 2. The van der Waals surface area contributed by atoms with Crippen LogP contribution in [0.3, 0.4) is 0 Å². The van der Waals surface area contributed by atoms with Gasteiger partial charge in [0.15, 0.2) is 16.7 Å². The van der Waals surface area contributed by atoms with Gasteiger partial charge in [0.1, 0.15) is 9.88 Å². The van der Waals surface area contributed by atoms with Gasteiger partial charge >= 0.3 is 11.9 Å². The third kappa shape index (κ3) is 7.70. The van der Waals surface area contributed by atoms with Crippen LogP contribution in [0.5, 0.6) is 0 Å². The van der Waals surface area contributed by atoms with Gasteiger partial charge in [-0.15, -0.1) is 21.5 Å². The first-order valence-corrected chi connectivity index (χ1v) is 15.2. The molecule has 0 bridgehead atoms. The SMILES string of the molecule is CCOC(=O)c1sc(NC(=O)[C@H](C)Sc2nnc(CNC(=O)c3ccco3)n2Cc2ccccc2)c(C(=O)OCC)c1C. The first-order chi connectivity index (χ1) is 20.7. The average Bonchev–Trinajstić information content (AvgIpc) is 3.73. The van der Waals surface area contributed by atoms with Crippen LogP contribution in [0.25, 0.3) is 0 Å². The van der Waals surface area contributed by atoms with Crippen molar-refractivity contribution in [3.8, 4) is 0 Å². The summed E-state index contributed by atoms with van der Waals surface area (Å²) in [6.45, 7) is 7.43. The standard InChI is InChI=1S/C29H31N5O7S2/c1-5-39-27(37)22-17(3)23(28(38)40-6-2)43-26(22)31-24(35)18(4)42-29-33-32-21(15-30-25(36)20-13-10-14-41-20)34(29)16-19-11-8-7-9-12-19/h7-14,18H,5-6,15-16H2,1-4H3,(H,30,36)(H,31,35)/t18-/m0/s1. The topological polar surface area (TPSA) is 155 Å². The van der Waals surface area contributed by atoms with Crippen molar-refractivity contribution < 1.29 is 33.1 Å². The molecule has 1 aromatic carbocycles. The molecule has 0 aliphatic rings. The molecule has 4 aromatic rings. The molecule has 3 heterocycles. The van der Waals surface area contributed by atoms with E-state index in [1.54, 1.807) is 39.8 Å². The minimum Gasteiger partial charge on any atom is -0.462 e. The highest BCUT2D eigenvalue weighted by molar-refractivity contribution is 8.00. The van der Waals surface area contributed by atoms with Gasteiger partial charge in [-0.25, -0.2) is 9.59 Å². The van der Waals surface area contributed by atoms with E-state index in [2.05, 4.69) is 20.8 Å². The van der Waals surface area contributed by atoms with Crippen LogP contribution in [0.4, 0.5) is 5.00 Å². The minimum atomic E-state index is -0.687. The fourth-order valence-corrected chi connectivity index (χ4v) is 5.94. The number of hydrogen-bond acceptors (Lipinski definition) is 11. The molecule has 12 nitrogen and oxygen atoms in total. The second kappa shape index (κ2) is 14.6. The summed E-state index contributed by atoms with van der Waals surface area (Å²) in [5.74, 6) is -1.39. The van der Waals surface area contributed by atoms with Crippen LogP contribution in [0.15, 0.2) is 58.3 Å². The quantitative estimate of drug-likeness (QED) is 0.158. The zero-order valence-electron chi connectivity index (χ0n) is 24.0. The molecule has 0 fully saturated rings. The van der Waals surface area contributed by atoms with Crippen molar-refractivity contribution in [2.75, 3.05) is 18.5 Å². The zero-order chi connectivity index (χ0) is 30.9. The number of nitrogens with zero attached hydrogens (tertiary/aromatic N) is 3. The van der Waals surface area contributed by atoms with Gasteiger partial charge in [0.2, 0.25) is 5.91 Å². The summed E-state index contributed by atoms with van der Waals surface area (Å²) < 4.78 is 17.3. The molecule has 0 saturated heterocycles. The molecule has 0 aliphatic heterocycles. The van der Waals surface area contributed by atoms with E-state index in [1.165, 1.54) is 6.26 Å². The normalized spacial score (nSPS) is 11.5. The summed E-state index contributed by atoms with van der Waals surface area (Å²) in [7, 11) is 0. The zero-order valence-corrected chi connectivity index (χ0v) is 25.7. The minimum absolute atomic E-state index is 0.0779. The largest absolute Gasteiger partial charge is 0.462 e. The fourth-order valence-electron chi connectivity index (χ4n) is 3.98. The Kier molecular flexibility index (Phi) is 10.7. The molecule has 1 atom stereocenters. The summed E-state index contributed by atoms with van der Waals surface area (Å²) in [5.41, 5.74) is 1.46. The lowest BCUT2D eigenvalue weighted by molar-refractivity contribution is -0.115. The number of rotatable bonds is 13. The van der Waals surface area contributed by atoms with Crippen molar-refractivity contribution in [2.45, 2.75) is 51.2 Å². The second-order valence-corrected chi connectivity index (χ2v) is 11.4. The van der Waals surface area contributed by atoms with Crippen LogP contribution in [0.2, 0.25) is 0 Å². The maximum atomic E-state index is 13.4. The fraction of sp³-hybridized carbons (Fsp3) is 0.310. The van der Waals surface area contributed by atoms with Crippen molar-refractivity contribution in [1.29, 1.82) is 0 Å². The van der Waals surface area contributed by atoms with Crippen LogP contribution in [0, 0.1) is 6.92 Å². The lowest BCUT2D eigenvalue weighted by Gasteiger charge is -2.14. The lowest BCUT2D eigenvalue weighted by atomic mass is 10.1. The molecule has 0 unspecified atom stereocenters. The van der Waals surface area contributed by atoms with Gasteiger partial charge in [-0.3, -0.25) is 9.59 Å². The Hall–Kier alpha value is -4.43. The van der Waals surface area contributed by atoms with E-state index in [4.69, 9.17) is 13.9 Å². The maximum Gasteiger partial charge on any atom is 0.348 e. The first kappa shape index (κ1) is 31.5. The number of hydrogen-bond donors (Lipinski definition) is 2. The predicted molar refractivity (Wildman–Crippen MR) is 160 cm³/mol. The van der Waals surface area contributed by atoms with Crippen molar-refractivity contribution >= 4 is 51.9 Å². The Labute approximate surface area is 256 Å². The number of thiophene rings is 1. The van der Waals surface area contributed by atoms with E-state index < -0.39 is 29.0 Å². The number of aromatic nitrogens is 3. The van der Waals surface area contributed by atoms with Gasteiger partial charge < -0.3 is 29.1 Å². The molecule has 0 radical (unpaired) electrons. The lowest BCUT2D eigenvalue weighted by Crippen LogP contribution is -2.25. The number of anilines is 1. The van der Waals surface area contributed by atoms with Gasteiger partial charge in [0, 0.05) is 0 Å². The number of ether oxygens (including phenoxy) is 2. The van der Waals surface area contributed by atoms with E-state index in [1.807, 2.05) is 34.9 Å². The summed E-state index contributed by atoms with van der Waals surface area (Å²) in [6.07, 6.45) is 1.42. The average molecular weight is 626 g/mol. The number of benzene rings is 1. The highest BCUT2D eigenvalue weighted by atomic mass is 32.2. The third-order valence-corrected chi connectivity index (χ3v) is 8.37. The molecule has 43 heavy (non-hydrogen) atoms. The number of thioether (sulfide) groups is 1. The molecule has 0 spiro atoms. The second-order valence-electron chi connectivity index (χ2n) is 9.08. The molecular formula is C29H31N5O7S2. The highest BCUT2D eigenvalue weighted by Gasteiger charge is 2.29. The van der Waals surface area contributed by atoms with Crippen molar-refractivity contribution in [1.82, 2.24) is 20.1 Å². The van der Waals surface area contributed by atoms with Gasteiger partial charge in [-0.05, 0) is 51.0 Å². The Morgan fingerprint density at radius 3 is 2.42 bits per heavy atom. The molecule has 0 aliphatic carbocycles. The Morgan fingerprint density at radius 2 is 1.74 bits per heavy atom. The number of esters is 2. The number of nitrogens with one attached hydrogen (secondary N) is 2. The molecule has 226 valence electrons. The summed E-state index contributed by atoms with van der Waals surface area (Å²) in [6, 6.07) is 12.8. The maximum absolute atomic E-state index is 13.4. The molecule has 2 amide bonds. The number of furan rings is 1. The monoisotopic (exact) mass is 625 g/mol. The van der Waals surface area contributed by atoms with E-state index >= 15 is 0 Å². The van der Waals surface area contributed by atoms with Gasteiger partial charge in [-0.2, -0.15) is 0 Å². The number of carbonyl (C=O) groups is 4. The Balaban J connectivity index is 1.55. The summed E-state index contributed by atoms with van der Waals surface area (Å²) in [5, 5.41) is 14.1. The van der Waals surface area contributed by atoms with E-state index in [9.17, 15) is 19.2 Å². The van der Waals surface area contributed by atoms with Crippen LogP contribution in [0.1, 0.15) is 68.3 Å². The smallest absolute Gasteiger partial charge is 0.348 e.